The number of aromatic nitrogens is 3. The number of carbonyl (C=O) groups excluding carboxylic acids is 1. The van der Waals surface area contributed by atoms with E-state index in [2.05, 4.69) is 98.5 Å². The molecule has 0 fully saturated rings. The van der Waals surface area contributed by atoms with Crippen molar-refractivity contribution in [2.45, 2.75) is 99.8 Å². The molecule has 2 aromatic carbocycles. The normalized spacial score (nSPS) is 12.0. The van der Waals surface area contributed by atoms with Gasteiger partial charge in [0.1, 0.15) is 6.33 Å². The van der Waals surface area contributed by atoms with Gasteiger partial charge in [0.15, 0.2) is 5.78 Å². The first-order valence-electron chi connectivity index (χ1n) is 17.5. The summed E-state index contributed by atoms with van der Waals surface area (Å²) in [5.74, 6) is 1.11. The number of fused-ring (bicyclic) bond motifs is 2. The Morgan fingerprint density at radius 3 is 2.18 bits per heavy atom. The first-order valence-corrected chi connectivity index (χ1v) is 18.4. The number of hydrogen-bond acceptors (Lipinski definition) is 6. The molecule has 1 radical (unpaired) electrons. The zero-order chi connectivity index (χ0) is 35.0. The average Bonchev–Trinajstić information content (AvgIpc) is 3.56. The minimum absolute atomic E-state index is 0. The van der Waals surface area contributed by atoms with Crippen molar-refractivity contribution in [2.75, 3.05) is 0 Å². The number of ketones is 1. The summed E-state index contributed by atoms with van der Waals surface area (Å²) in [5, 5.41) is 15.5. The van der Waals surface area contributed by atoms with Gasteiger partial charge in [-0.05, 0) is 60.9 Å². The summed E-state index contributed by atoms with van der Waals surface area (Å²) in [5.41, 5.74) is 6.31. The molecule has 0 saturated heterocycles. The second-order valence-corrected chi connectivity index (χ2v) is 15.0. The fraction of sp³-hybridized carbons (Fsp3) is 0.429. The Hall–Kier alpha value is -3.25. The van der Waals surface area contributed by atoms with Gasteiger partial charge < -0.3 is 5.11 Å². The summed E-state index contributed by atoms with van der Waals surface area (Å²) >= 11 is 1.75. The molecule has 0 bridgehead atoms. The fourth-order valence-electron chi connectivity index (χ4n) is 6.17. The third-order valence-electron chi connectivity index (χ3n) is 9.06. The van der Waals surface area contributed by atoms with E-state index in [9.17, 15) is 9.90 Å². The van der Waals surface area contributed by atoms with Gasteiger partial charge in [-0.25, -0.2) is 4.98 Å². The van der Waals surface area contributed by atoms with Gasteiger partial charge in [0.2, 0.25) is 0 Å². The number of allylic oxidation sites excluding steroid dienone is 2. The van der Waals surface area contributed by atoms with Crippen molar-refractivity contribution in [2.24, 2.45) is 17.8 Å². The zero-order valence-electron chi connectivity index (χ0n) is 30.6. The molecule has 0 aliphatic carbocycles. The molecule has 5 rings (SSSR count). The van der Waals surface area contributed by atoms with Gasteiger partial charge in [0.25, 0.3) is 0 Å². The van der Waals surface area contributed by atoms with Crippen LogP contribution < -0.4 is 0 Å². The Balaban J connectivity index is 0.000000347. The second-order valence-electron chi connectivity index (χ2n) is 14.1. The quantitative estimate of drug-likeness (QED) is 0.0814. The van der Waals surface area contributed by atoms with Crippen LogP contribution >= 0.6 is 11.3 Å². The molecule has 0 amide bonds. The molecule has 1 N–H and O–H groups in total. The van der Waals surface area contributed by atoms with Crippen LogP contribution in [0.4, 0.5) is 0 Å². The Kier molecular flexibility index (Phi) is 14.9. The molecule has 0 aliphatic heterocycles. The molecule has 0 aliphatic rings. The number of pyridine rings is 1. The third-order valence-corrected chi connectivity index (χ3v) is 10.0. The van der Waals surface area contributed by atoms with E-state index in [0.717, 1.165) is 65.7 Å². The molecule has 49 heavy (non-hydrogen) atoms. The standard InChI is InChI=1S/C29H28N3S.C13H24O2.Ir/c1-18(2)12-26-22-10-11-33-28(22)23(16-30-26)27-15-25(31-17-32-27)20-13-19-8-6-7-9-21(19)24(14-20)29(3,4)5;1-5-10(6-2)12(14)9-13(15)11(7-3)8-4;/h6-11,14-18H,12H2,1-5H3;9-11,14H,5-8H2,1-4H3;/q-1;;/b;12-9-;. The minimum Gasteiger partial charge on any atom is -0.512 e. The summed E-state index contributed by atoms with van der Waals surface area (Å²) < 4.78 is 1.24. The van der Waals surface area contributed by atoms with Crippen molar-refractivity contribution in [1.82, 2.24) is 15.0 Å². The molecular formula is C42H52IrN3O2S-. The monoisotopic (exact) mass is 855 g/mol. The van der Waals surface area contributed by atoms with E-state index in [0.29, 0.717) is 5.92 Å². The Morgan fingerprint density at radius 2 is 1.55 bits per heavy atom. The molecule has 263 valence electrons. The Bertz CT molecular complexity index is 1860. The predicted molar refractivity (Wildman–Crippen MR) is 204 cm³/mol. The smallest absolute Gasteiger partial charge is 0.162 e. The van der Waals surface area contributed by atoms with E-state index in [1.807, 2.05) is 33.9 Å². The van der Waals surface area contributed by atoms with Crippen LogP contribution in [0.2, 0.25) is 0 Å². The van der Waals surface area contributed by atoms with Crippen LogP contribution in [0, 0.1) is 23.8 Å². The van der Waals surface area contributed by atoms with E-state index in [-0.39, 0.29) is 48.9 Å². The van der Waals surface area contributed by atoms with Crippen LogP contribution in [-0.2, 0) is 36.7 Å². The third kappa shape index (κ3) is 9.93. The number of rotatable bonds is 11. The van der Waals surface area contributed by atoms with Crippen LogP contribution in [0.3, 0.4) is 0 Å². The second kappa shape index (κ2) is 18.1. The molecular weight excluding hydrogens is 803 g/mol. The Morgan fingerprint density at radius 1 is 0.898 bits per heavy atom. The summed E-state index contributed by atoms with van der Waals surface area (Å²) in [6.07, 6.45) is 9.52. The molecule has 7 heteroatoms. The van der Waals surface area contributed by atoms with Crippen molar-refractivity contribution in [1.29, 1.82) is 0 Å². The van der Waals surface area contributed by atoms with E-state index in [4.69, 9.17) is 4.98 Å². The van der Waals surface area contributed by atoms with Gasteiger partial charge in [0, 0.05) is 71.3 Å². The van der Waals surface area contributed by atoms with E-state index in [1.165, 1.54) is 27.1 Å². The zero-order valence-corrected chi connectivity index (χ0v) is 33.8. The molecule has 5 nitrogen and oxygen atoms in total. The number of nitrogens with zero attached hydrogens (tertiary/aromatic N) is 3. The maximum absolute atomic E-state index is 11.7. The van der Waals surface area contributed by atoms with Gasteiger partial charge in [-0.3, -0.25) is 14.8 Å². The molecule has 3 aromatic heterocycles. The summed E-state index contributed by atoms with van der Waals surface area (Å²) in [6, 6.07) is 18.6. The van der Waals surface area contributed by atoms with Crippen LogP contribution in [0.25, 0.3) is 43.4 Å². The summed E-state index contributed by atoms with van der Waals surface area (Å²) in [6.45, 7) is 19.3. The van der Waals surface area contributed by atoms with Crippen molar-refractivity contribution in [3.63, 3.8) is 0 Å². The van der Waals surface area contributed by atoms with Crippen molar-refractivity contribution in [3.8, 4) is 22.5 Å². The number of hydrogen-bond donors (Lipinski definition) is 1. The van der Waals surface area contributed by atoms with Crippen LogP contribution in [0.1, 0.15) is 99.3 Å². The fourth-order valence-corrected chi connectivity index (χ4v) is 7.10. The predicted octanol–water partition coefficient (Wildman–Crippen LogP) is 11.7. The van der Waals surface area contributed by atoms with Crippen molar-refractivity contribution in [3.05, 3.63) is 89.5 Å². The maximum Gasteiger partial charge on any atom is 0.162 e. The minimum atomic E-state index is 0. The van der Waals surface area contributed by atoms with Crippen LogP contribution in [-0.4, -0.2) is 25.8 Å². The average molecular weight is 855 g/mol. The first-order chi connectivity index (χ1) is 22.9. The van der Waals surface area contributed by atoms with Gasteiger partial charge in [-0.2, -0.15) is 0 Å². The van der Waals surface area contributed by atoms with Crippen molar-refractivity contribution >= 4 is 38.0 Å². The largest absolute Gasteiger partial charge is 0.512 e. The molecule has 3 heterocycles. The van der Waals surface area contributed by atoms with Gasteiger partial charge in [-0.15, -0.1) is 40.5 Å². The SMILES string of the molecule is CC(C)Cc1ncc(-c2cc(-c3[c-]c4ccccc4c(C(C)(C)C)c3)ncn2)c2sccc12.CCC(CC)C(=O)/C=C(\O)C(CC)CC.[Ir]. The van der Waals surface area contributed by atoms with Gasteiger partial charge in [-0.1, -0.05) is 91.5 Å². The van der Waals surface area contributed by atoms with E-state index < -0.39 is 0 Å². The number of aliphatic hydroxyl groups is 1. The van der Waals surface area contributed by atoms with Crippen molar-refractivity contribution < 1.29 is 30.0 Å². The Labute approximate surface area is 311 Å². The van der Waals surface area contributed by atoms with Gasteiger partial charge >= 0.3 is 0 Å². The van der Waals surface area contributed by atoms with Gasteiger partial charge in [0.05, 0.1) is 11.5 Å². The number of carbonyl (C=O) groups is 1. The first kappa shape index (κ1) is 40.2. The van der Waals surface area contributed by atoms with E-state index >= 15 is 0 Å². The molecule has 5 aromatic rings. The van der Waals surface area contributed by atoms with Crippen LogP contribution in [0.15, 0.2) is 72.2 Å². The number of benzene rings is 2. The summed E-state index contributed by atoms with van der Waals surface area (Å²) in [7, 11) is 0. The maximum atomic E-state index is 11.7. The van der Waals surface area contributed by atoms with Crippen LogP contribution in [0.5, 0.6) is 0 Å². The molecule has 0 spiro atoms. The van der Waals surface area contributed by atoms with E-state index in [1.54, 1.807) is 17.7 Å². The number of aliphatic hydroxyl groups excluding tert-OH is 1. The number of thiophene rings is 1. The molecule has 0 atom stereocenters. The topological polar surface area (TPSA) is 76.0 Å². The molecule has 0 unspecified atom stereocenters. The summed E-state index contributed by atoms with van der Waals surface area (Å²) in [4.78, 5) is 25.8. The molecule has 0 saturated carbocycles.